The third kappa shape index (κ3) is 2.46. The van der Waals surface area contributed by atoms with Crippen LogP contribution in [-0.2, 0) is 12.0 Å². The maximum Gasteiger partial charge on any atom is 0.112 e. The largest absolute Gasteiger partial charge is 0.381 e. The number of aryl methyl sites for hydroxylation is 2. The molecule has 0 radical (unpaired) electrons. The van der Waals surface area contributed by atoms with Crippen molar-refractivity contribution >= 4 is 0 Å². The maximum absolute atomic E-state index is 10.8. The molecule has 1 atom stereocenters. The summed E-state index contributed by atoms with van der Waals surface area (Å²) >= 11 is 0. The first-order valence-corrected chi connectivity index (χ1v) is 6.43. The van der Waals surface area contributed by atoms with Gasteiger partial charge in [-0.2, -0.15) is 0 Å². The number of rotatable bonds is 3. The zero-order chi connectivity index (χ0) is 13.2. The summed E-state index contributed by atoms with van der Waals surface area (Å²) in [5, 5.41) is 10.8. The van der Waals surface area contributed by atoms with E-state index in [1.165, 1.54) is 11.1 Å². The van der Waals surface area contributed by atoms with Gasteiger partial charge in [0.2, 0.25) is 0 Å². The molecule has 0 fully saturated rings. The average molecular weight is 240 g/mol. The van der Waals surface area contributed by atoms with E-state index >= 15 is 0 Å². The minimum Gasteiger partial charge on any atom is -0.381 e. The molecule has 0 aliphatic heterocycles. The Morgan fingerprint density at radius 2 is 1.67 bits per heavy atom. The van der Waals surface area contributed by atoms with Crippen LogP contribution in [0.25, 0.3) is 0 Å². The molecule has 18 heavy (non-hydrogen) atoms. The van der Waals surface area contributed by atoms with Crippen molar-refractivity contribution in [2.24, 2.45) is 0 Å². The molecule has 2 rings (SSSR count). The van der Waals surface area contributed by atoms with Crippen molar-refractivity contribution in [1.82, 2.24) is 0 Å². The lowest BCUT2D eigenvalue weighted by Crippen LogP contribution is -2.22. The molecule has 94 valence electrons. The summed E-state index contributed by atoms with van der Waals surface area (Å²) in [6, 6.07) is 16.2. The first-order valence-electron chi connectivity index (χ1n) is 6.43. The number of aliphatic hydroxyl groups is 1. The van der Waals surface area contributed by atoms with Crippen LogP contribution in [0.2, 0.25) is 0 Å². The summed E-state index contributed by atoms with van der Waals surface area (Å²) in [6.07, 6.45) is 0.984. The van der Waals surface area contributed by atoms with Gasteiger partial charge in [-0.1, -0.05) is 61.0 Å². The van der Waals surface area contributed by atoms with Gasteiger partial charge in [0, 0.05) is 0 Å². The Kier molecular flexibility index (Phi) is 3.53. The number of benzene rings is 2. The predicted octanol–water partition coefficient (Wildman–Crippen LogP) is 3.81. The molecule has 1 unspecified atom stereocenters. The van der Waals surface area contributed by atoms with Gasteiger partial charge in [0.25, 0.3) is 0 Å². The van der Waals surface area contributed by atoms with Crippen LogP contribution in [0, 0.1) is 6.92 Å². The normalized spacial score (nSPS) is 14.2. The van der Waals surface area contributed by atoms with Crippen LogP contribution in [0.3, 0.4) is 0 Å². The molecule has 0 aliphatic rings. The SMILES string of the molecule is CCc1cccc(C(C)(O)c2ccc(C)cc2)c1. The van der Waals surface area contributed by atoms with E-state index in [0.717, 1.165) is 17.5 Å². The van der Waals surface area contributed by atoms with Gasteiger partial charge in [-0.15, -0.1) is 0 Å². The monoisotopic (exact) mass is 240 g/mol. The Hall–Kier alpha value is -1.60. The second kappa shape index (κ2) is 4.95. The van der Waals surface area contributed by atoms with Gasteiger partial charge in [0.15, 0.2) is 0 Å². The summed E-state index contributed by atoms with van der Waals surface area (Å²) in [4.78, 5) is 0. The molecule has 2 aromatic carbocycles. The highest BCUT2D eigenvalue weighted by Crippen LogP contribution is 2.29. The fourth-order valence-electron chi connectivity index (χ4n) is 2.14. The van der Waals surface area contributed by atoms with Crippen molar-refractivity contribution < 1.29 is 5.11 Å². The first-order chi connectivity index (χ1) is 8.54. The van der Waals surface area contributed by atoms with E-state index in [-0.39, 0.29) is 0 Å². The van der Waals surface area contributed by atoms with Crippen molar-refractivity contribution in [3.05, 3.63) is 70.8 Å². The van der Waals surface area contributed by atoms with Gasteiger partial charge in [0.05, 0.1) is 0 Å². The number of hydrogen-bond donors (Lipinski definition) is 1. The van der Waals surface area contributed by atoms with E-state index in [4.69, 9.17) is 0 Å². The Bertz CT molecular complexity index is 524. The van der Waals surface area contributed by atoms with Crippen molar-refractivity contribution in [2.45, 2.75) is 32.8 Å². The van der Waals surface area contributed by atoms with E-state index in [0.29, 0.717) is 0 Å². The standard InChI is InChI=1S/C17H20O/c1-4-14-6-5-7-16(12-14)17(3,18)15-10-8-13(2)9-11-15/h5-12,18H,4H2,1-3H3. The summed E-state index contributed by atoms with van der Waals surface area (Å²) in [5.74, 6) is 0. The molecule has 0 amide bonds. The molecule has 0 saturated carbocycles. The summed E-state index contributed by atoms with van der Waals surface area (Å²) < 4.78 is 0. The first kappa shape index (κ1) is 12.8. The van der Waals surface area contributed by atoms with E-state index in [1.807, 2.05) is 43.3 Å². The molecule has 0 bridgehead atoms. The van der Waals surface area contributed by atoms with E-state index < -0.39 is 5.60 Å². The molecule has 1 nitrogen and oxygen atoms in total. The summed E-state index contributed by atoms with van der Waals surface area (Å²) in [5.41, 5.74) is 3.41. The van der Waals surface area contributed by atoms with Gasteiger partial charge in [0.1, 0.15) is 5.60 Å². The highest BCUT2D eigenvalue weighted by Gasteiger charge is 2.25. The fraction of sp³-hybridized carbons (Fsp3) is 0.294. The van der Waals surface area contributed by atoms with Gasteiger partial charge in [-0.05, 0) is 37.0 Å². The van der Waals surface area contributed by atoms with Crippen LogP contribution >= 0.6 is 0 Å². The van der Waals surface area contributed by atoms with Crippen LogP contribution in [0.1, 0.15) is 36.1 Å². The Morgan fingerprint density at radius 3 is 2.28 bits per heavy atom. The molecular formula is C17H20O. The van der Waals surface area contributed by atoms with Crippen LogP contribution < -0.4 is 0 Å². The Labute approximate surface area is 109 Å². The summed E-state index contributed by atoms with van der Waals surface area (Å²) in [7, 11) is 0. The lowest BCUT2D eigenvalue weighted by Gasteiger charge is -2.25. The molecule has 0 spiro atoms. The Morgan fingerprint density at radius 1 is 1.00 bits per heavy atom. The molecule has 1 N–H and O–H groups in total. The molecule has 0 aromatic heterocycles. The lowest BCUT2D eigenvalue weighted by atomic mass is 9.87. The second-order valence-electron chi connectivity index (χ2n) is 4.99. The highest BCUT2D eigenvalue weighted by molar-refractivity contribution is 5.38. The van der Waals surface area contributed by atoms with Crippen molar-refractivity contribution in [3.8, 4) is 0 Å². The van der Waals surface area contributed by atoms with E-state index in [1.54, 1.807) is 0 Å². The third-order valence-electron chi connectivity index (χ3n) is 3.51. The van der Waals surface area contributed by atoms with E-state index in [9.17, 15) is 5.11 Å². The lowest BCUT2D eigenvalue weighted by molar-refractivity contribution is 0.102. The average Bonchev–Trinajstić information content (AvgIpc) is 2.39. The fourth-order valence-corrected chi connectivity index (χ4v) is 2.14. The highest BCUT2D eigenvalue weighted by atomic mass is 16.3. The number of hydrogen-bond acceptors (Lipinski definition) is 1. The zero-order valence-corrected chi connectivity index (χ0v) is 11.3. The topological polar surface area (TPSA) is 20.2 Å². The summed E-state index contributed by atoms with van der Waals surface area (Å²) in [6.45, 7) is 6.03. The quantitative estimate of drug-likeness (QED) is 0.865. The van der Waals surface area contributed by atoms with Gasteiger partial charge in [-0.25, -0.2) is 0 Å². The maximum atomic E-state index is 10.8. The van der Waals surface area contributed by atoms with Gasteiger partial charge >= 0.3 is 0 Å². The van der Waals surface area contributed by atoms with Gasteiger partial charge in [-0.3, -0.25) is 0 Å². The van der Waals surface area contributed by atoms with E-state index in [2.05, 4.69) is 26.0 Å². The van der Waals surface area contributed by atoms with Crippen molar-refractivity contribution in [3.63, 3.8) is 0 Å². The molecule has 1 heteroatoms. The van der Waals surface area contributed by atoms with Crippen LogP contribution in [0.5, 0.6) is 0 Å². The van der Waals surface area contributed by atoms with Crippen LogP contribution in [-0.4, -0.2) is 5.11 Å². The van der Waals surface area contributed by atoms with Gasteiger partial charge < -0.3 is 5.11 Å². The van der Waals surface area contributed by atoms with Crippen molar-refractivity contribution in [2.75, 3.05) is 0 Å². The zero-order valence-electron chi connectivity index (χ0n) is 11.3. The smallest absolute Gasteiger partial charge is 0.112 e. The predicted molar refractivity (Wildman–Crippen MR) is 75.7 cm³/mol. The molecule has 0 saturated heterocycles. The van der Waals surface area contributed by atoms with Crippen molar-refractivity contribution in [1.29, 1.82) is 0 Å². The van der Waals surface area contributed by atoms with Crippen LogP contribution in [0.15, 0.2) is 48.5 Å². The Balaban J connectivity index is 2.43. The molecular weight excluding hydrogens is 220 g/mol. The molecule has 2 aromatic rings. The second-order valence-corrected chi connectivity index (χ2v) is 4.99. The molecule has 0 aliphatic carbocycles. The van der Waals surface area contributed by atoms with Crippen LogP contribution in [0.4, 0.5) is 0 Å². The third-order valence-corrected chi connectivity index (χ3v) is 3.51. The molecule has 0 heterocycles. The minimum atomic E-state index is -0.932. The minimum absolute atomic E-state index is 0.932.